The minimum atomic E-state index is -0.366. The van der Waals surface area contributed by atoms with Crippen molar-refractivity contribution < 1.29 is 14.0 Å². The Balaban J connectivity index is 2.68. The molecule has 88 valence electrons. The number of likely N-dealkylation sites (tertiary alicyclic amines) is 1. The number of hydrogen-bond donors (Lipinski definition) is 0. The highest BCUT2D eigenvalue weighted by molar-refractivity contribution is 5.60. The van der Waals surface area contributed by atoms with Crippen molar-refractivity contribution in [3.05, 3.63) is 0 Å². The fourth-order valence-corrected chi connectivity index (χ4v) is 2.10. The van der Waals surface area contributed by atoms with Gasteiger partial charge >= 0.3 is 6.09 Å². The Bertz CT molecular complexity index is 224. The lowest BCUT2D eigenvalue weighted by Crippen LogP contribution is -2.57. The summed E-state index contributed by atoms with van der Waals surface area (Å²) >= 11 is 0. The van der Waals surface area contributed by atoms with Crippen LogP contribution in [0.4, 0.5) is 4.79 Å². The van der Waals surface area contributed by atoms with Gasteiger partial charge in [0.25, 0.3) is 0 Å². The summed E-state index contributed by atoms with van der Waals surface area (Å²) in [5, 5.41) is 0. The van der Waals surface area contributed by atoms with E-state index in [1.54, 1.807) is 0 Å². The first kappa shape index (κ1) is 12.5. The van der Waals surface area contributed by atoms with Crippen molar-refractivity contribution in [1.82, 2.24) is 0 Å². The van der Waals surface area contributed by atoms with Gasteiger partial charge < -0.3 is 4.74 Å². The Kier molecular flexibility index (Phi) is 3.77. The average molecular weight is 214 g/mol. The Labute approximate surface area is 93.0 Å². The SMILES string of the molecule is CC[N+]1(C(=O)OC(C)(C)C)CCCCC1. The molecule has 3 heteroatoms. The number of rotatable bonds is 1. The van der Waals surface area contributed by atoms with E-state index in [9.17, 15) is 4.79 Å². The predicted octanol–water partition coefficient (Wildman–Crippen LogP) is 2.94. The minimum Gasteiger partial charge on any atom is -0.414 e. The second-order valence-corrected chi connectivity index (χ2v) is 5.45. The van der Waals surface area contributed by atoms with E-state index >= 15 is 0 Å². The van der Waals surface area contributed by atoms with Gasteiger partial charge in [0.2, 0.25) is 0 Å². The third kappa shape index (κ3) is 3.20. The number of hydrogen-bond acceptors (Lipinski definition) is 2. The van der Waals surface area contributed by atoms with Gasteiger partial charge in [-0.05, 0) is 47.0 Å². The molecule has 1 rings (SSSR count). The summed E-state index contributed by atoms with van der Waals surface area (Å²) in [5.74, 6) is 0. The maximum absolute atomic E-state index is 12.1. The quantitative estimate of drug-likeness (QED) is 0.627. The van der Waals surface area contributed by atoms with Crippen molar-refractivity contribution in [2.45, 2.75) is 52.6 Å². The molecule has 1 fully saturated rings. The van der Waals surface area contributed by atoms with E-state index in [2.05, 4.69) is 6.92 Å². The minimum absolute atomic E-state index is 0.0373. The van der Waals surface area contributed by atoms with Crippen molar-refractivity contribution in [2.24, 2.45) is 0 Å². The van der Waals surface area contributed by atoms with E-state index in [4.69, 9.17) is 4.74 Å². The molecule has 0 aromatic carbocycles. The largest absolute Gasteiger partial charge is 0.516 e. The zero-order chi connectivity index (χ0) is 11.5. The van der Waals surface area contributed by atoms with Gasteiger partial charge in [-0.1, -0.05) is 0 Å². The number of nitrogens with zero attached hydrogens (tertiary/aromatic N) is 1. The molecule has 1 heterocycles. The van der Waals surface area contributed by atoms with Crippen LogP contribution < -0.4 is 0 Å². The van der Waals surface area contributed by atoms with Crippen molar-refractivity contribution in [3.63, 3.8) is 0 Å². The molecule has 0 aliphatic carbocycles. The second-order valence-electron chi connectivity index (χ2n) is 5.45. The summed E-state index contributed by atoms with van der Waals surface area (Å²) < 4.78 is 6.03. The van der Waals surface area contributed by atoms with Crippen LogP contribution in [0.15, 0.2) is 0 Å². The van der Waals surface area contributed by atoms with Crippen molar-refractivity contribution >= 4 is 6.09 Å². The van der Waals surface area contributed by atoms with E-state index in [0.717, 1.165) is 32.5 Å². The molecule has 1 aliphatic heterocycles. The third-order valence-electron chi connectivity index (χ3n) is 3.06. The summed E-state index contributed by atoms with van der Waals surface area (Å²) in [4.78, 5) is 12.1. The topological polar surface area (TPSA) is 26.3 Å². The van der Waals surface area contributed by atoms with E-state index in [0.29, 0.717) is 4.48 Å². The van der Waals surface area contributed by atoms with Gasteiger partial charge in [-0.3, -0.25) is 0 Å². The van der Waals surface area contributed by atoms with Gasteiger partial charge in [-0.2, -0.15) is 4.79 Å². The normalized spacial score (nSPS) is 21.1. The molecule has 0 N–H and O–H groups in total. The zero-order valence-electron chi connectivity index (χ0n) is 10.5. The summed E-state index contributed by atoms with van der Waals surface area (Å²) in [5.41, 5.74) is -0.366. The Morgan fingerprint density at radius 2 is 1.73 bits per heavy atom. The number of carbonyl (C=O) groups excluding carboxylic acids is 1. The lowest BCUT2D eigenvalue weighted by atomic mass is 10.1. The van der Waals surface area contributed by atoms with E-state index < -0.39 is 0 Å². The van der Waals surface area contributed by atoms with Crippen LogP contribution in [-0.4, -0.2) is 35.8 Å². The molecule has 3 nitrogen and oxygen atoms in total. The van der Waals surface area contributed by atoms with Crippen LogP contribution in [-0.2, 0) is 4.74 Å². The molecule has 0 saturated carbocycles. The first-order chi connectivity index (χ1) is 6.90. The van der Waals surface area contributed by atoms with Gasteiger partial charge in [0.15, 0.2) is 0 Å². The first-order valence-electron chi connectivity index (χ1n) is 5.99. The monoisotopic (exact) mass is 214 g/mol. The number of amides is 1. The Hall–Kier alpha value is -0.570. The Morgan fingerprint density at radius 3 is 2.13 bits per heavy atom. The molecular weight excluding hydrogens is 190 g/mol. The molecule has 0 unspecified atom stereocenters. The van der Waals surface area contributed by atoms with E-state index in [-0.39, 0.29) is 11.7 Å². The number of quaternary nitrogens is 1. The van der Waals surface area contributed by atoms with Crippen molar-refractivity contribution in [3.8, 4) is 0 Å². The van der Waals surface area contributed by atoms with Crippen LogP contribution in [0.25, 0.3) is 0 Å². The van der Waals surface area contributed by atoms with Crippen LogP contribution in [0.5, 0.6) is 0 Å². The van der Waals surface area contributed by atoms with Gasteiger partial charge in [-0.15, -0.1) is 0 Å². The summed E-state index contributed by atoms with van der Waals surface area (Å²) in [6.45, 7) is 10.6. The standard InChI is InChI=1S/C12H24NO2/c1-5-13(9-7-6-8-10-13)11(14)15-12(2,3)4/h5-10H2,1-4H3/q+1. The lowest BCUT2D eigenvalue weighted by molar-refractivity contribution is -0.861. The van der Waals surface area contributed by atoms with E-state index in [1.165, 1.54) is 6.42 Å². The molecule has 1 amide bonds. The fraction of sp³-hybridized carbons (Fsp3) is 0.917. The smallest absolute Gasteiger partial charge is 0.414 e. The summed E-state index contributed by atoms with van der Waals surface area (Å²) in [6, 6.07) is 0. The Morgan fingerprint density at radius 1 is 1.20 bits per heavy atom. The highest BCUT2D eigenvalue weighted by atomic mass is 16.6. The molecule has 0 bridgehead atoms. The van der Waals surface area contributed by atoms with Gasteiger partial charge in [0.1, 0.15) is 5.60 Å². The van der Waals surface area contributed by atoms with Crippen molar-refractivity contribution in [2.75, 3.05) is 19.6 Å². The highest BCUT2D eigenvalue weighted by Gasteiger charge is 2.40. The predicted molar refractivity (Wildman–Crippen MR) is 60.6 cm³/mol. The molecule has 1 saturated heterocycles. The number of ether oxygens (including phenoxy) is 1. The van der Waals surface area contributed by atoms with Crippen LogP contribution in [0.2, 0.25) is 0 Å². The van der Waals surface area contributed by atoms with Crippen LogP contribution in [0, 0.1) is 0 Å². The van der Waals surface area contributed by atoms with Gasteiger partial charge in [-0.25, -0.2) is 4.48 Å². The zero-order valence-corrected chi connectivity index (χ0v) is 10.5. The maximum atomic E-state index is 12.1. The highest BCUT2D eigenvalue weighted by Crippen LogP contribution is 2.22. The third-order valence-corrected chi connectivity index (χ3v) is 3.06. The van der Waals surface area contributed by atoms with Gasteiger partial charge in [0.05, 0.1) is 19.6 Å². The van der Waals surface area contributed by atoms with E-state index in [1.807, 2.05) is 20.8 Å². The average Bonchev–Trinajstić information content (AvgIpc) is 2.16. The van der Waals surface area contributed by atoms with Crippen LogP contribution in [0.1, 0.15) is 47.0 Å². The van der Waals surface area contributed by atoms with Gasteiger partial charge in [0, 0.05) is 0 Å². The fourth-order valence-electron chi connectivity index (χ4n) is 2.10. The number of carbonyl (C=O) groups is 1. The summed E-state index contributed by atoms with van der Waals surface area (Å²) in [6.07, 6.45) is 3.51. The molecule has 0 radical (unpaired) electrons. The molecule has 0 aromatic heterocycles. The molecule has 0 atom stereocenters. The second kappa shape index (κ2) is 4.52. The number of piperidine rings is 1. The molecule has 0 aromatic rings. The molecule has 15 heavy (non-hydrogen) atoms. The maximum Gasteiger partial charge on any atom is 0.516 e. The first-order valence-corrected chi connectivity index (χ1v) is 5.99. The van der Waals surface area contributed by atoms with Crippen LogP contribution in [0.3, 0.4) is 0 Å². The van der Waals surface area contributed by atoms with Crippen LogP contribution >= 0.6 is 0 Å². The molecular formula is C12H24NO2+. The van der Waals surface area contributed by atoms with Crippen molar-refractivity contribution in [1.29, 1.82) is 0 Å². The molecule has 0 spiro atoms. The molecule has 1 aliphatic rings. The summed E-state index contributed by atoms with van der Waals surface area (Å²) in [7, 11) is 0. The lowest BCUT2D eigenvalue weighted by Gasteiger charge is -2.38.